The number of rotatable bonds is 4. The first-order chi connectivity index (χ1) is 9.51. The van der Waals surface area contributed by atoms with Crippen LogP contribution < -0.4 is 4.74 Å². The predicted molar refractivity (Wildman–Crippen MR) is 85.8 cm³/mol. The fourth-order valence-electron chi connectivity index (χ4n) is 1.95. The largest absolute Gasteiger partial charge is 0.496 e. The summed E-state index contributed by atoms with van der Waals surface area (Å²) in [6, 6.07) is 10.7. The van der Waals surface area contributed by atoms with Gasteiger partial charge in [-0.25, -0.2) is 0 Å². The van der Waals surface area contributed by atoms with E-state index < -0.39 is 6.10 Å². The van der Waals surface area contributed by atoms with Gasteiger partial charge in [0.25, 0.3) is 0 Å². The Kier molecular flexibility index (Phi) is 5.33. The number of aliphatic hydroxyl groups is 1. The lowest BCUT2D eigenvalue weighted by molar-refractivity contribution is 0.177. The maximum absolute atomic E-state index is 10.3. The molecule has 0 spiro atoms. The molecule has 0 saturated heterocycles. The van der Waals surface area contributed by atoms with Gasteiger partial charge in [0.2, 0.25) is 0 Å². The molecule has 2 nitrogen and oxygen atoms in total. The molecule has 0 aliphatic rings. The van der Waals surface area contributed by atoms with Crippen LogP contribution in [0.1, 0.15) is 17.2 Å². The molecule has 5 heteroatoms. The minimum absolute atomic E-state index is 0.404. The summed E-state index contributed by atoms with van der Waals surface area (Å²) in [5.74, 6) is 0.705. The molecule has 0 saturated carbocycles. The summed E-state index contributed by atoms with van der Waals surface area (Å²) in [6.07, 6.45) is -0.269. The van der Waals surface area contributed by atoms with Crippen LogP contribution in [0.5, 0.6) is 5.75 Å². The first-order valence-corrected chi connectivity index (χ1v) is 7.51. The summed E-state index contributed by atoms with van der Waals surface area (Å²) in [6.45, 7) is 0. The van der Waals surface area contributed by atoms with E-state index in [-0.39, 0.29) is 0 Å². The number of methoxy groups -OCH3 is 1. The van der Waals surface area contributed by atoms with Gasteiger partial charge in [-0.05, 0) is 57.4 Å². The molecule has 106 valence electrons. The quantitative estimate of drug-likeness (QED) is 0.810. The molecule has 0 aromatic heterocycles. The number of hydrogen-bond acceptors (Lipinski definition) is 2. The highest BCUT2D eigenvalue weighted by atomic mass is 79.9. The van der Waals surface area contributed by atoms with Crippen molar-refractivity contribution in [2.45, 2.75) is 12.5 Å². The number of aliphatic hydroxyl groups excluding tert-OH is 1. The summed E-state index contributed by atoms with van der Waals surface area (Å²) in [7, 11) is 1.59. The highest BCUT2D eigenvalue weighted by Gasteiger charge is 2.13. The normalized spacial score (nSPS) is 12.2. The third kappa shape index (κ3) is 3.67. The average Bonchev–Trinajstić information content (AvgIpc) is 2.42. The fraction of sp³-hybridized carbons (Fsp3) is 0.200. The Morgan fingerprint density at radius 3 is 2.60 bits per heavy atom. The number of hydrogen-bond donors (Lipinski definition) is 1. The van der Waals surface area contributed by atoms with Crippen molar-refractivity contribution in [1.29, 1.82) is 0 Å². The van der Waals surface area contributed by atoms with Gasteiger partial charge in [0.05, 0.1) is 18.2 Å². The molecule has 20 heavy (non-hydrogen) atoms. The zero-order valence-electron chi connectivity index (χ0n) is 10.7. The Morgan fingerprint density at radius 1 is 1.20 bits per heavy atom. The summed E-state index contributed by atoms with van der Waals surface area (Å²) < 4.78 is 6.08. The molecule has 2 aromatic rings. The molecule has 2 aromatic carbocycles. The number of halogens is 3. The molecule has 1 atom stereocenters. The Balaban J connectivity index is 2.24. The predicted octanol–water partition coefficient (Wildman–Crippen LogP) is 5.04. The van der Waals surface area contributed by atoms with Gasteiger partial charge < -0.3 is 9.84 Å². The summed E-state index contributed by atoms with van der Waals surface area (Å²) in [5.41, 5.74) is 1.60. The van der Waals surface area contributed by atoms with Crippen LogP contribution in [0.15, 0.2) is 40.9 Å². The fourth-order valence-corrected chi connectivity index (χ4v) is 2.58. The molecule has 0 aliphatic heterocycles. The SMILES string of the molecule is COc1ccc(Cl)cc1CC(O)c1ccc(Br)c(Cl)c1. The van der Waals surface area contributed by atoms with Crippen LogP contribution in [0, 0.1) is 0 Å². The monoisotopic (exact) mass is 374 g/mol. The molecule has 0 aliphatic carbocycles. The average molecular weight is 376 g/mol. The molecule has 0 heterocycles. The van der Waals surface area contributed by atoms with Gasteiger partial charge in [0, 0.05) is 15.9 Å². The standard InChI is InChI=1S/C15H13BrCl2O2/c1-20-15-5-3-11(17)6-10(15)8-14(19)9-2-4-12(16)13(18)7-9/h2-7,14,19H,8H2,1H3. The second kappa shape index (κ2) is 6.81. The highest BCUT2D eigenvalue weighted by Crippen LogP contribution is 2.30. The van der Waals surface area contributed by atoms with E-state index in [1.54, 1.807) is 31.4 Å². The van der Waals surface area contributed by atoms with E-state index in [2.05, 4.69) is 15.9 Å². The zero-order valence-corrected chi connectivity index (χ0v) is 13.8. The van der Waals surface area contributed by atoms with E-state index in [9.17, 15) is 5.11 Å². The molecule has 0 amide bonds. The van der Waals surface area contributed by atoms with Gasteiger partial charge in [-0.2, -0.15) is 0 Å². The lowest BCUT2D eigenvalue weighted by atomic mass is 10.0. The maximum Gasteiger partial charge on any atom is 0.122 e. The minimum Gasteiger partial charge on any atom is -0.496 e. The van der Waals surface area contributed by atoms with E-state index in [0.717, 1.165) is 15.6 Å². The van der Waals surface area contributed by atoms with E-state index in [0.29, 0.717) is 22.2 Å². The van der Waals surface area contributed by atoms with Crippen molar-refractivity contribution < 1.29 is 9.84 Å². The minimum atomic E-state index is -0.673. The van der Waals surface area contributed by atoms with Crippen LogP contribution in [-0.4, -0.2) is 12.2 Å². The zero-order chi connectivity index (χ0) is 14.7. The smallest absolute Gasteiger partial charge is 0.122 e. The molecule has 0 radical (unpaired) electrons. The molecular formula is C15H13BrCl2O2. The van der Waals surface area contributed by atoms with Crippen molar-refractivity contribution >= 4 is 39.1 Å². The Labute approximate surface area is 136 Å². The first kappa shape index (κ1) is 15.6. The summed E-state index contributed by atoms with van der Waals surface area (Å²) in [5, 5.41) is 11.5. The second-order valence-electron chi connectivity index (χ2n) is 4.35. The van der Waals surface area contributed by atoms with Gasteiger partial charge in [-0.1, -0.05) is 29.3 Å². The molecule has 0 bridgehead atoms. The molecular weight excluding hydrogens is 363 g/mol. The van der Waals surface area contributed by atoms with Crippen LogP contribution >= 0.6 is 39.1 Å². The van der Waals surface area contributed by atoms with Crippen molar-refractivity contribution in [3.05, 3.63) is 62.0 Å². The maximum atomic E-state index is 10.3. The van der Waals surface area contributed by atoms with Gasteiger partial charge in [-0.3, -0.25) is 0 Å². The third-order valence-electron chi connectivity index (χ3n) is 2.98. The van der Waals surface area contributed by atoms with Crippen molar-refractivity contribution in [2.24, 2.45) is 0 Å². The van der Waals surface area contributed by atoms with Crippen molar-refractivity contribution in [3.63, 3.8) is 0 Å². The van der Waals surface area contributed by atoms with Crippen molar-refractivity contribution in [3.8, 4) is 5.75 Å². The van der Waals surface area contributed by atoms with Crippen LogP contribution in [0.3, 0.4) is 0 Å². The van der Waals surface area contributed by atoms with Gasteiger partial charge >= 0.3 is 0 Å². The molecule has 0 fully saturated rings. The number of ether oxygens (including phenoxy) is 1. The van der Waals surface area contributed by atoms with Gasteiger partial charge in [0.1, 0.15) is 5.75 Å². The second-order valence-corrected chi connectivity index (χ2v) is 6.05. The van der Waals surface area contributed by atoms with E-state index in [1.165, 1.54) is 0 Å². The summed E-state index contributed by atoms with van der Waals surface area (Å²) in [4.78, 5) is 0. The first-order valence-electron chi connectivity index (χ1n) is 5.96. The molecule has 1 unspecified atom stereocenters. The lowest BCUT2D eigenvalue weighted by Gasteiger charge is -2.14. The molecule has 1 N–H and O–H groups in total. The van der Waals surface area contributed by atoms with Gasteiger partial charge in [-0.15, -0.1) is 0 Å². The molecule has 2 rings (SSSR count). The summed E-state index contributed by atoms with van der Waals surface area (Å²) >= 11 is 15.4. The highest BCUT2D eigenvalue weighted by molar-refractivity contribution is 9.10. The van der Waals surface area contributed by atoms with E-state index in [4.69, 9.17) is 27.9 Å². The lowest BCUT2D eigenvalue weighted by Crippen LogP contribution is -2.03. The van der Waals surface area contributed by atoms with Crippen LogP contribution in [0.4, 0.5) is 0 Å². The van der Waals surface area contributed by atoms with Crippen LogP contribution in [0.2, 0.25) is 10.0 Å². The van der Waals surface area contributed by atoms with E-state index >= 15 is 0 Å². The third-order valence-corrected chi connectivity index (χ3v) is 4.45. The Morgan fingerprint density at radius 2 is 1.95 bits per heavy atom. The van der Waals surface area contributed by atoms with Crippen LogP contribution in [-0.2, 0) is 6.42 Å². The van der Waals surface area contributed by atoms with Gasteiger partial charge in [0.15, 0.2) is 0 Å². The Hall–Kier alpha value is -0.740. The Bertz CT molecular complexity index is 617. The van der Waals surface area contributed by atoms with Crippen molar-refractivity contribution in [1.82, 2.24) is 0 Å². The van der Waals surface area contributed by atoms with Crippen LogP contribution in [0.25, 0.3) is 0 Å². The topological polar surface area (TPSA) is 29.5 Å². The van der Waals surface area contributed by atoms with E-state index in [1.807, 2.05) is 12.1 Å². The van der Waals surface area contributed by atoms with Crippen molar-refractivity contribution in [2.75, 3.05) is 7.11 Å². The number of benzene rings is 2.